The van der Waals surface area contributed by atoms with Crippen molar-refractivity contribution in [1.82, 2.24) is 5.32 Å². The van der Waals surface area contributed by atoms with Crippen LogP contribution < -0.4 is 16.0 Å². The average molecular weight is 367 g/mol. The smallest absolute Gasteiger partial charge is 0.253 e. The van der Waals surface area contributed by atoms with Gasteiger partial charge in [0.1, 0.15) is 12.1 Å². The van der Waals surface area contributed by atoms with E-state index in [9.17, 15) is 9.59 Å². The third kappa shape index (κ3) is 5.31. The molecule has 3 N–H and O–H groups in total. The average Bonchev–Trinajstić information content (AvgIpc) is 3.50. The number of nitrogens with one attached hydrogen (secondary N) is 3. The quantitative estimate of drug-likeness (QED) is 0.670. The van der Waals surface area contributed by atoms with E-state index < -0.39 is 12.1 Å². The van der Waals surface area contributed by atoms with E-state index in [0.29, 0.717) is 5.69 Å². The summed E-state index contributed by atoms with van der Waals surface area (Å²) in [4.78, 5) is 24.7. The van der Waals surface area contributed by atoms with Gasteiger partial charge in [-0.05, 0) is 43.5 Å². The molecule has 2 aromatic rings. The van der Waals surface area contributed by atoms with Crippen molar-refractivity contribution >= 4 is 23.2 Å². The van der Waals surface area contributed by atoms with Crippen molar-refractivity contribution in [2.24, 2.45) is 0 Å². The number of rotatable bonds is 8. The van der Waals surface area contributed by atoms with E-state index >= 15 is 0 Å². The third-order valence-corrected chi connectivity index (χ3v) is 4.48. The monoisotopic (exact) mass is 367 g/mol. The molecule has 0 spiro atoms. The van der Waals surface area contributed by atoms with Crippen LogP contribution in [-0.4, -0.2) is 31.1 Å². The maximum absolute atomic E-state index is 12.7. The molecule has 142 valence electrons. The van der Waals surface area contributed by atoms with Crippen LogP contribution in [0.15, 0.2) is 54.6 Å². The number of amides is 2. The summed E-state index contributed by atoms with van der Waals surface area (Å²) in [6.07, 6.45) is 1.53. The zero-order chi connectivity index (χ0) is 19.2. The number of anilines is 2. The van der Waals surface area contributed by atoms with E-state index in [0.717, 1.165) is 24.1 Å². The van der Waals surface area contributed by atoms with Gasteiger partial charge in [-0.2, -0.15) is 0 Å². The molecule has 3 rings (SSSR count). The molecule has 0 heterocycles. The Morgan fingerprint density at radius 1 is 1.00 bits per heavy atom. The van der Waals surface area contributed by atoms with Crippen LogP contribution in [0.4, 0.5) is 11.4 Å². The van der Waals surface area contributed by atoms with Crippen molar-refractivity contribution in [2.75, 3.05) is 17.7 Å². The molecule has 0 saturated heterocycles. The first-order valence-electron chi connectivity index (χ1n) is 9.12. The first kappa shape index (κ1) is 18.9. The Morgan fingerprint density at radius 3 is 2.37 bits per heavy atom. The van der Waals surface area contributed by atoms with Crippen LogP contribution in [0.1, 0.15) is 31.4 Å². The molecular formula is C21H25N3O3. The Kier molecular flexibility index (Phi) is 6.08. The fraction of sp³-hybridized carbons (Fsp3) is 0.333. The van der Waals surface area contributed by atoms with Crippen LogP contribution in [0.3, 0.4) is 0 Å². The van der Waals surface area contributed by atoms with Crippen molar-refractivity contribution in [2.45, 2.75) is 38.0 Å². The molecule has 0 aliphatic heterocycles. The number of carbonyl (C=O) groups excluding carboxylic acids is 2. The zero-order valence-corrected chi connectivity index (χ0v) is 15.6. The maximum atomic E-state index is 12.7. The second-order valence-corrected chi connectivity index (χ2v) is 6.72. The molecule has 1 saturated carbocycles. The predicted octanol–water partition coefficient (Wildman–Crippen LogP) is 3.09. The van der Waals surface area contributed by atoms with E-state index in [1.165, 1.54) is 7.11 Å². The Hall–Kier alpha value is -2.86. The lowest BCUT2D eigenvalue weighted by Gasteiger charge is -2.20. The lowest BCUT2D eigenvalue weighted by Crippen LogP contribution is -2.34. The van der Waals surface area contributed by atoms with Crippen molar-refractivity contribution < 1.29 is 14.3 Å². The summed E-state index contributed by atoms with van der Waals surface area (Å²) in [6.45, 7) is 1.69. The minimum Gasteiger partial charge on any atom is -0.372 e. The van der Waals surface area contributed by atoms with Crippen LogP contribution in [-0.2, 0) is 14.3 Å². The summed E-state index contributed by atoms with van der Waals surface area (Å²) < 4.78 is 5.03. The topological polar surface area (TPSA) is 79.5 Å². The molecule has 1 aliphatic rings. The number of carbonyl (C=O) groups is 2. The maximum Gasteiger partial charge on any atom is 0.253 e. The highest BCUT2D eigenvalue weighted by Gasteiger charge is 2.28. The third-order valence-electron chi connectivity index (χ3n) is 4.48. The molecule has 2 aromatic carbocycles. The van der Waals surface area contributed by atoms with Crippen LogP contribution in [0.5, 0.6) is 0 Å². The summed E-state index contributed by atoms with van der Waals surface area (Å²) >= 11 is 0. The highest BCUT2D eigenvalue weighted by molar-refractivity contribution is 5.94. The summed E-state index contributed by atoms with van der Waals surface area (Å²) in [6, 6.07) is 16.7. The van der Waals surface area contributed by atoms with Crippen LogP contribution >= 0.6 is 0 Å². The largest absolute Gasteiger partial charge is 0.372 e. The molecule has 6 heteroatoms. The molecule has 1 fully saturated rings. The molecule has 0 aromatic heterocycles. The van der Waals surface area contributed by atoms with Gasteiger partial charge in [0, 0.05) is 24.5 Å². The van der Waals surface area contributed by atoms with E-state index in [-0.39, 0.29) is 17.9 Å². The highest BCUT2D eigenvalue weighted by Crippen LogP contribution is 2.25. The minimum atomic E-state index is -0.539. The molecule has 1 aliphatic carbocycles. The van der Waals surface area contributed by atoms with Crippen LogP contribution in [0.25, 0.3) is 0 Å². The van der Waals surface area contributed by atoms with Gasteiger partial charge in [0.2, 0.25) is 5.91 Å². The molecular weight excluding hydrogens is 342 g/mol. The fourth-order valence-electron chi connectivity index (χ4n) is 2.66. The van der Waals surface area contributed by atoms with Gasteiger partial charge in [0.25, 0.3) is 5.91 Å². The van der Waals surface area contributed by atoms with Gasteiger partial charge in [-0.3, -0.25) is 9.59 Å². The summed E-state index contributed by atoms with van der Waals surface area (Å²) in [5, 5.41) is 9.16. The van der Waals surface area contributed by atoms with E-state index in [2.05, 4.69) is 16.0 Å². The fourth-order valence-corrected chi connectivity index (χ4v) is 2.66. The number of hydrogen-bond acceptors (Lipinski definition) is 4. The predicted molar refractivity (Wildman–Crippen MR) is 106 cm³/mol. The van der Waals surface area contributed by atoms with Crippen molar-refractivity contribution in [3.05, 3.63) is 60.2 Å². The van der Waals surface area contributed by atoms with Gasteiger partial charge in [0.15, 0.2) is 0 Å². The molecule has 6 nitrogen and oxygen atoms in total. The van der Waals surface area contributed by atoms with Crippen LogP contribution in [0, 0.1) is 0 Å². The normalized spacial score (nSPS) is 15.5. The van der Waals surface area contributed by atoms with Gasteiger partial charge in [-0.25, -0.2) is 0 Å². The van der Waals surface area contributed by atoms with Gasteiger partial charge in [0.05, 0.1) is 0 Å². The number of benzene rings is 2. The van der Waals surface area contributed by atoms with E-state index in [1.807, 2.05) is 42.5 Å². The van der Waals surface area contributed by atoms with Crippen molar-refractivity contribution in [3.8, 4) is 0 Å². The summed E-state index contributed by atoms with van der Waals surface area (Å²) in [5.41, 5.74) is 2.28. The standard InChI is InChI=1S/C21H25N3O3/c1-14(27-2)20(25)24-18-10-6-9-17(13-18)22-19(15-7-4-3-5-8-15)21(26)23-16-11-12-16/h3-10,13-14,16,19,22H,11-12H2,1-2H3,(H,23,26)(H,24,25)/t14-,19+/m1/s1. The van der Waals surface area contributed by atoms with Crippen molar-refractivity contribution in [3.63, 3.8) is 0 Å². The minimum absolute atomic E-state index is 0.0499. The summed E-state index contributed by atoms with van der Waals surface area (Å²) in [5.74, 6) is -0.271. The Labute approximate surface area is 159 Å². The first-order valence-corrected chi connectivity index (χ1v) is 9.12. The molecule has 0 unspecified atom stereocenters. The lowest BCUT2D eigenvalue weighted by atomic mass is 10.1. The number of hydrogen-bond donors (Lipinski definition) is 3. The Bertz CT molecular complexity index is 790. The number of methoxy groups -OCH3 is 1. The first-order chi connectivity index (χ1) is 13.1. The highest BCUT2D eigenvalue weighted by atomic mass is 16.5. The molecule has 2 atom stereocenters. The summed E-state index contributed by atoms with van der Waals surface area (Å²) in [7, 11) is 1.49. The van der Waals surface area contributed by atoms with E-state index in [1.54, 1.807) is 19.1 Å². The van der Waals surface area contributed by atoms with E-state index in [4.69, 9.17) is 4.74 Å². The number of ether oxygens (including phenoxy) is 1. The SMILES string of the molecule is CO[C@H](C)C(=O)Nc1cccc(N[C@H](C(=O)NC2CC2)c2ccccc2)c1. The molecule has 0 radical (unpaired) electrons. The van der Waals surface area contributed by atoms with Crippen LogP contribution in [0.2, 0.25) is 0 Å². The molecule has 0 bridgehead atoms. The van der Waals surface area contributed by atoms with Gasteiger partial charge in [-0.15, -0.1) is 0 Å². The molecule has 2 amide bonds. The zero-order valence-electron chi connectivity index (χ0n) is 15.6. The van der Waals surface area contributed by atoms with Gasteiger partial charge in [-0.1, -0.05) is 36.4 Å². The van der Waals surface area contributed by atoms with Gasteiger partial charge >= 0.3 is 0 Å². The lowest BCUT2D eigenvalue weighted by molar-refractivity contribution is -0.124. The Balaban J connectivity index is 1.76. The van der Waals surface area contributed by atoms with Crippen molar-refractivity contribution in [1.29, 1.82) is 0 Å². The van der Waals surface area contributed by atoms with Gasteiger partial charge < -0.3 is 20.7 Å². The molecule has 27 heavy (non-hydrogen) atoms. The Morgan fingerprint density at radius 2 is 1.70 bits per heavy atom. The second kappa shape index (κ2) is 8.68. The second-order valence-electron chi connectivity index (χ2n) is 6.72.